The topological polar surface area (TPSA) is 84.7 Å². The Morgan fingerprint density at radius 3 is 2.73 bits per heavy atom. The molecular formula is C17H13F2N3O4. The number of nitrogens with one attached hydrogen (secondary N) is 1. The van der Waals surface area contributed by atoms with Gasteiger partial charge in [0.2, 0.25) is 0 Å². The van der Waals surface area contributed by atoms with E-state index in [2.05, 4.69) is 5.32 Å². The fourth-order valence-corrected chi connectivity index (χ4v) is 3.49. The van der Waals surface area contributed by atoms with Crippen LogP contribution in [0.5, 0.6) is 5.75 Å². The Bertz CT molecular complexity index is 952. The van der Waals surface area contributed by atoms with Gasteiger partial charge in [0.25, 0.3) is 5.69 Å². The quantitative estimate of drug-likeness (QED) is 0.654. The highest BCUT2D eigenvalue weighted by Gasteiger charge is 2.50. The molecule has 9 heteroatoms. The third-order valence-corrected chi connectivity index (χ3v) is 4.63. The SMILES string of the molecule is C[C@]12C[C@H](NC(=O)N1c1ccc(F)c(F)c1)c1cc([N+](=O)[O-])ccc1O2. The number of amides is 2. The van der Waals surface area contributed by atoms with Crippen LogP contribution in [0, 0.1) is 21.7 Å². The van der Waals surface area contributed by atoms with E-state index < -0.39 is 34.4 Å². The molecule has 2 aliphatic heterocycles. The summed E-state index contributed by atoms with van der Waals surface area (Å²) in [6.45, 7) is 1.66. The lowest BCUT2D eigenvalue weighted by Crippen LogP contribution is -2.65. The molecule has 2 heterocycles. The number of non-ortho nitro benzene ring substituents is 1. The third-order valence-electron chi connectivity index (χ3n) is 4.63. The Labute approximate surface area is 146 Å². The fraction of sp³-hybridized carbons (Fsp3) is 0.235. The molecule has 2 aromatic rings. The van der Waals surface area contributed by atoms with Crippen LogP contribution in [0.1, 0.15) is 24.9 Å². The number of hydrogen-bond donors (Lipinski definition) is 1. The maximum absolute atomic E-state index is 13.6. The number of carbonyl (C=O) groups is 1. The Kier molecular flexibility index (Phi) is 3.36. The van der Waals surface area contributed by atoms with Gasteiger partial charge in [0, 0.05) is 30.2 Å². The average molecular weight is 361 g/mol. The largest absolute Gasteiger partial charge is 0.467 e. The molecule has 4 rings (SSSR count). The van der Waals surface area contributed by atoms with Gasteiger partial charge in [0.1, 0.15) is 5.75 Å². The van der Waals surface area contributed by atoms with Crippen molar-refractivity contribution in [2.75, 3.05) is 4.90 Å². The second kappa shape index (κ2) is 5.38. The second-order valence-electron chi connectivity index (χ2n) is 6.40. The van der Waals surface area contributed by atoms with Gasteiger partial charge in [0.05, 0.1) is 16.7 Å². The van der Waals surface area contributed by atoms with Crippen molar-refractivity contribution in [3.05, 3.63) is 63.7 Å². The Balaban J connectivity index is 1.78. The van der Waals surface area contributed by atoms with E-state index in [1.54, 1.807) is 6.92 Å². The van der Waals surface area contributed by atoms with Crippen molar-refractivity contribution >= 4 is 17.4 Å². The molecule has 0 radical (unpaired) electrons. The molecule has 0 aromatic heterocycles. The van der Waals surface area contributed by atoms with Crippen LogP contribution in [0.4, 0.5) is 25.0 Å². The highest BCUT2D eigenvalue weighted by molar-refractivity contribution is 5.94. The number of fused-ring (bicyclic) bond motifs is 4. The lowest BCUT2D eigenvalue weighted by Gasteiger charge is -2.50. The van der Waals surface area contributed by atoms with Crippen LogP contribution in [-0.2, 0) is 0 Å². The average Bonchev–Trinajstić information content (AvgIpc) is 2.57. The van der Waals surface area contributed by atoms with Crippen molar-refractivity contribution in [1.29, 1.82) is 0 Å². The van der Waals surface area contributed by atoms with Crippen LogP contribution in [-0.4, -0.2) is 16.7 Å². The molecule has 2 bridgehead atoms. The molecule has 1 saturated heterocycles. The minimum absolute atomic E-state index is 0.103. The van der Waals surface area contributed by atoms with E-state index in [-0.39, 0.29) is 17.8 Å². The summed E-state index contributed by atoms with van der Waals surface area (Å²) in [4.78, 5) is 24.3. The number of hydrogen-bond acceptors (Lipinski definition) is 4. The number of anilines is 1. The number of rotatable bonds is 2. The van der Waals surface area contributed by atoms with Crippen molar-refractivity contribution in [1.82, 2.24) is 5.32 Å². The Hall–Kier alpha value is -3.23. The molecule has 0 unspecified atom stereocenters. The first kappa shape index (κ1) is 16.2. The molecule has 2 aromatic carbocycles. The van der Waals surface area contributed by atoms with E-state index >= 15 is 0 Å². The minimum atomic E-state index is -1.15. The zero-order valence-electron chi connectivity index (χ0n) is 13.5. The van der Waals surface area contributed by atoms with Crippen LogP contribution < -0.4 is 15.0 Å². The van der Waals surface area contributed by atoms with Crippen LogP contribution >= 0.6 is 0 Å². The number of nitro groups is 1. The van der Waals surface area contributed by atoms with E-state index in [1.165, 1.54) is 29.2 Å². The maximum atomic E-state index is 13.6. The molecule has 0 spiro atoms. The third kappa shape index (κ3) is 2.35. The summed E-state index contributed by atoms with van der Waals surface area (Å²) in [5, 5.41) is 13.7. The lowest BCUT2D eigenvalue weighted by molar-refractivity contribution is -0.385. The normalized spacial score (nSPS) is 23.7. The van der Waals surface area contributed by atoms with Crippen molar-refractivity contribution in [2.45, 2.75) is 25.1 Å². The molecular weight excluding hydrogens is 348 g/mol. The molecule has 2 amide bonds. The van der Waals surface area contributed by atoms with Crippen LogP contribution in [0.25, 0.3) is 0 Å². The van der Waals surface area contributed by atoms with Gasteiger partial charge < -0.3 is 10.1 Å². The van der Waals surface area contributed by atoms with Crippen LogP contribution in [0.3, 0.4) is 0 Å². The molecule has 134 valence electrons. The first-order valence-electron chi connectivity index (χ1n) is 7.82. The van der Waals surface area contributed by atoms with Crippen LogP contribution in [0.15, 0.2) is 36.4 Å². The van der Waals surface area contributed by atoms with E-state index in [0.29, 0.717) is 11.3 Å². The summed E-state index contributed by atoms with van der Waals surface area (Å²) in [6.07, 6.45) is 0.284. The van der Waals surface area contributed by atoms with E-state index in [1.807, 2.05) is 0 Å². The summed E-state index contributed by atoms with van der Waals surface area (Å²) in [5.74, 6) is -1.70. The highest BCUT2D eigenvalue weighted by Crippen LogP contribution is 2.46. The second-order valence-corrected chi connectivity index (χ2v) is 6.40. The van der Waals surface area contributed by atoms with Gasteiger partial charge in [-0.15, -0.1) is 0 Å². The zero-order valence-corrected chi connectivity index (χ0v) is 13.5. The number of carbonyl (C=O) groups excluding carboxylic acids is 1. The zero-order chi connectivity index (χ0) is 18.6. The van der Waals surface area contributed by atoms with Gasteiger partial charge in [-0.1, -0.05) is 0 Å². The van der Waals surface area contributed by atoms with E-state index in [9.17, 15) is 23.7 Å². The van der Waals surface area contributed by atoms with Gasteiger partial charge in [-0.25, -0.2) is 13.6 Å². The number of halogens is 2. The summed E-state index contributed by atoms with van der Waals surface area (Å²) in [7, 11) is 0. The summed E-state index contributed by atoms with van der Waals surface area (Å²) < 4.78 is 32.8. The van der Waals surface area contributed by atoms with Gasteiger partial charge in [0.15, 0.2) is 17.4 Å². The van der Waals surface area contributed by atoms with Gasteiger partial charge in [-0.05, 0) is 25.1 Å². The van der Waals surface area contributed by atoms with Crippen LogP contribution in [0.2, 0.25) is 0 Å². The monoisotopic (exact) mass is 361 g/mol. The molecule has 1 N–H and O–H groups in total. The molecule has 1 fully saturated rings. The molecule has 2 aliphatic rings. The van der Waals surface area contributed by atoms with E-state index in [0.717, 1.165) is 12.1 Å². The van der Waals surface area contributed by atoms with Crippen molar-refractivity contribution in [3.63, 3.8) is 0 Å². The summed E-state index contributed by atoms with van der Waals surface area (Å²) in [6, 6.07) is 6.25. The number of nitro benzene ring substituents is 1. The number of nitrogens with zero attached hydrogens (tertiary/aromatic N) is 2. The predicted molar refractivity (Wildman–Crippen MR) is 86.9 cm³/mol. The molecule has 2 atom stereocenters. The lowest BCUT2D eigenvalue weighted by atomic mass is 9.90. The van der Waals surface area contributed by atoms with Crippen molar-refractivity contribution < 1.29 is 23.2 Å². The predicted octanol–water partition coefficient (Wildman–Crippen LogP) is 3.64. The smallest absolute Gasteiger partial charge is 0.325 e. The van der Waals surface area contributed by atoms with E-state index in [4.69, 9.17) is 4.74 Å². The molecule has 7 nitrogen and oxygen atoms in total. The first-order valence-corrected chi connectivity index (χ1v) is 7.82. The maximum Gasteiger partial charge on any atom is 0.325 e. The molecule has 0 saturated carbocycles. The van der Waals surface area contributed by atoms with Crippen molar-refractivity contribution in [2.24, 2.45) is 0 Å². The fourth-order valence-electron chi connectivity index (χ4n) is 3.49. The van der Waals surface area contributed by atoms with Gasteiger partial charge >= 0.3 is 6.03 Å². The summed E-state index contributed by atoms with van der Waals surface area (Å²) in [5.41, 5.74) is -0.601. The summed E-state index contributed by atoms with van der Waals surface area (Å²) >= 11 is 0. The number of ether oxygens (including phenoxy) is 1. The van der Waals surface area contributed by atoms with Gasteiger partial charge in [-0.3, -0.25) is 15.0 Å². The highest BCUT2D eigenvalue weighted by atomic mass is 19.2. The standard InChI is InChI=1S/C17H13F2N3O4/c1-17-8-14(11-6-10(22(24)25)3-5-15(11)26-17)20-16(23)21(17)9-2-4-12(18)13(19)7-9/h2-7,14H,8H2,1H3,(H,20,23)/t14-,17-/m0/s1. The Morgan fingerprint density at radius 2 is 2.04 bits per heavy atom. The number of benzene rings is 2. The molecule has 0 aliphatic carbocycles. The first-order chi connectivity index (χ1) is 12.3. The molecule has 26 heavy (non-hydrogen) atoms. The minimum Gasteiger partial charge on any atom is -0.467 e. The van der Waals surface area contributed by atoms with Crippen molar-refractivity contribution in [3.8, 4) is 5.75 Å². The number of urea groups is 1. The Morgan fingerprint density at radius 1 is 1.27 bits per heavy atom. The van der Waals surface area contributed by atoms with Gasteiger partial charge in [-0.2, -0.15) is 0 Å².